The molecule has 1 unspecified atom stereocenters. The van der Waals surface area contributed by atoms with Crippen LogP contribution in [-0.4, -0.2) is 25.2 Å². The Morgan fingerprint density at radius 3 is 2.41 bits per heavy atom. The molecule has 1 aromatic rings. The smallest absolute Gasteiger partial charge is 0.252 e. The van der Waals surface area contributed by atoms with Crippen LogP contribution in [0.15, 0.2) is 28.7 Å². The van der Waals surface area contributed by atoms with Crippen molar-refractivity contribution in [3.8, 4) is 0 Å². The largest absolute Gasteiger partial charge is 0.373 e. The van der Waals surface area contributed by atoms with E-state index in [4.69, 9.17) is 4.74 Å². The van der Waals surface area contributed by atoms with Crippen molar-refractivity contribution in [1.82, 2.24) is 5.32 Å². The SMILES string of the molecule is O=C(NCCCCCCCCCC1CO1)c1ccccc1Br. The first-order chi connectivity index (χ1) is 10.8. The highest BCUT2D eigenvalue weighted by Crippen LogP contribution is 2.18. The molecule has 1 N–H and O–H groups in total. The predicted octanol–water partition coefficient (Wildman–Crippen LogP) is 4.70. The van der Waals surface area contributed by atoms with Gasteiger partial charge >= 0.3 is 0 Å². The maximum atomic E-state index is 12.0. The fraction of sp³-hybridized carbons (Fsp3) is 0.611. The number of amides is 1. The summed E-state index contributed by atoms with van der Waals surface area (Å²) in [7, 11) is 0. The molecule has 1 amide bonds. The molecule has 0 spiro atoms. The zero-order valence-electron chi connectivity index (χ0n) is 13.2. The number of hydrogen-bond acceptors (Lipinski definition) is 2. The molecule has 1 heterocycles. The van der Waals surface area contributed by atoms with Gasteiger partial charge in [-0.25, -0.2) is 0 Å². The van der Waals surface area contributed by atoms with Crippen LogP contribution in [-0.2, 0) is 4.74 Å². The van der Waals surface area contributed by atoms with E-state index < -0.39 is 0 Å². The fourth-order valence-electron chi connectivity index (χ4n) is 2.56. The monoisotopic (exact) mass is 367 g/mol. The Balaban J connectivity index is 1.42. The Morgan fingerprint density at radius 1 is 1.09 bits per heavy atom. The molecule has 1 fully saturated rings. The van der Waals surface area contributed by atoms with Crippen LogP contribution in [0, 0.1) is 0 Å². The van der Waals surface area contributed by atoms with E-state index >= 15 is 0 Å². The summed E-state index contributed by atoms with van der Waals surface area (Å²) in [5, 5.41) is 2.99. The molecule has 0 aromatic heterocycles. The van der Waals surface area contributed by atoms with Gasteiger partial charge < -0.3 is 10.1 Å². The van der Waals surface area contributed by atoms with E-state index in [1.165, 1.54) is 44.9 Å². The summed E-state index contributed by atoms with van der Waals surface area (Å²) in [5.74, 6) is 0.00905. The molecule has 1 atom stereocenters. The van der Waals surface area contributed by atoms with Crippen LogP contribution >= 0.6 is 15.9 Å². The topological polar surface area (TPSA) is 41.6 Å². The van der Waals surface area contributed by atoms with Crippen molar-refractivity contribution in [3.05, 3.63) is 34.3 Å². The number of rotatable bonds is 11. The van der Waals surface area contributed by atoms with Crippen molar-refractivity contribution in [2.75, 3.05) is 13.2 Å². The van der Waals surface area contributed by atoms with Gasteiger partial charge in [0, 0.05) is 11.0 Å². The van der Waals surface area contributed by atoms with Gasteiger partial charge in [-0.15, -0.1) is 0 Å². The number of benzene rings is 1. The quantitative estimate of drug-likeness (QED) is 0.454. The first kappa shape index (κ1) is 17.5. The summed E-state index contributed by atoms with van der Waals surface area (Å²) < 4.78 is 6.05. The van der Waals surface area contributed by atoms with Crippen molar-refractivity contribution in [2.24, 2.45) is 0 Å². The lowest BCUT2D eigenvalue weighted by Crippen LogP contribution is -2.24. The minimum absolute atomic E-state index is 0.00905. The van der Waals surface area contributed by atoms with Crippen LogP contribution in [0.5, 0.6) is 0 Å². The van der Waals surface area contributed by atoms with Gasteiger partial charge in [0.25, 0.3) is 5.91 Å². The molecule has 1 aromatic carbocycles. The molecule has 1 aliphatic rings. The van der Waals surface area contributed by atoms with Gasteiger partial charge in [0.1, 0.15) is 0 Å². The average Bonchev–Trinajstić information content (AvgIpc) is 3.33. The van der Waals surface area contributed by atoms with Crippen LogP contribution in [0.25, 0.3) is 0 Å². The number of nitrogens with one attached hydrogen (secondary N) is 1. The number of unbranched alkanes of at least 4 members (excludes halogenated alkanes) is 6. The first-order valence-corrected chi connectivity index (χ1v) is 9.21. The van der Waals surface area contributed by atoms with E-state index in [1.54, 1.807) is 0 Å². The van der Waals surface area contributed by atoms with E-state index in [2.05, 4.69) is 21.2 Å². The highest BCUT2D eigenvalue weighted by Gasteiger charge is 2.20. The fourth-order valence-corrected chi connectivity index (χ4v) is 3.02. The molecule has 0 bridgehead atoms. The zero-order chi connectivity index (χ0) is 15.6. The van der Waals surface area contributed by atoms with Crippen molar-refractivity contribution in [3.63, 3.8) is 0 Å². The number of hydrogen-bond donors (Lipinski definition) is 1. The van der Waals surface area contributed by atoms with Crippen molar-refractivity contribution >= 4 is 21.8 Å². The second-order valence-electron chi connectivity index (χ2n) is 5.95. The number of ether oxygens (including phenoxy) is 1. The third kappa shape index (κ3) is 6.93. The lowest BCUT2D eigenvalue weighted by molar-refractivity contribution is 0.0952. The molecular weight excluding hydrogens is 342 g/mol. The van der Waals surface area contributed by atoms with Gasteiger partial charge in [0.2, 0.25) is 0 Å². The van der Waals surface area contributed by atoms with Crippen LogP contribution in [0.2, 0.25) is 0 Å². The van der Waals surface area contributed by atoms with Crippen LogP contribution in [0.3, 0.4) is 0 Å². The van der Waals surface area contributed by atoms with Crippen LogP contribution in [0.4, 0.5) is 0 Å². The lowest BCUT2D eigenvalue weighted by atomic mass is 10.1. The molecule has 2 rings (SSSR count). The van der Waals surface area contributed by atoms with Gasteiger partial charge in [0.05, 0.1) is 18.3 Å². The summed E-state index contributed by atoms with van der Waals surface area (Å²) in [6, 6.07) is 7.53. The summed E-state index contributed by atoms with van der Waals surface area (Å²) in [6.45, 7) is 1.75. The van der Waals surface area contributed by atoms with Gasteiger partial charge in [-0.1, -0.05) is 50.7 Å². The summed E-state index contributed by atoms with van der Waals surface area (Å²) in [4.78, 5) is 12.0. The van der Waals surface area contributed by atoms with Gasteiger partial charge in [-0.3, -0.25) is 4.79 Å². The maximum Gasteiger partial charge on any atom is 0.252 e. The maximum absolute atomic E-state index is 12.0. The minimum atomic E-state index is 0.00905. The van der Waals surface area contributed by atoms with Crippen LogP contribution in [0.1, 0.15) is 61.7 Å². The average molecular weight is 368 g/mol. The number of carbonyl (C=O) groups is 1. The van der Waals surface area contributed by atoms with E-state index in [0.717, 1.165) is 24.0 Å². The third-order valence-electron chi connectivity index (χ3n) is 4.01. The Bertz CT molecular complexity index is 460. The number of halogens is 1. The molecule has 3 nitrogen and oxygen atoms in total. The van der Waals surface area contributed by atoms with E-state index in [0.29, 0.717) is 11.7 Å². The predicted molar refractivity (Wildman–Crippen MR) is 93.2 cm³/mol. The molecule has 0 aliphatic carbocycles. The Kier molecular flexibility index (Phi) is 7.95. The second-order valence-corrected chi connectivity index (χ2v) is 6.81. The van der Waals surface area contributed by atoms with Crippen molar-refractivity contribution in [1.29, 1.82) is 0 Å². The summed E-state index contributed by atoms with van der Waals surface area (Å²) >= 11 is 3.40. The third-order valence-corrected chi connectivity index (χ3v) is 4.70. The zero-order valence-corrected chi connectivity index (χ0v) is 14.7. The molecule has 22 heavy (non-hydrogen) atoms. The van der Waals surface area contributed by atoms with Gasteiger partial charge in [-0.05, 0) is 40.9 Å². The molecule has 1 aliphatic heterocycles. The highest BCUT2D eigenvalue weighted by atomic mass is 79.9. The highest BCUT2D eigenvalue weighted by molar-refractivity contribution is 9.10. The van der Waals surface area contributed by atoms with E-state index in [-0.39, 0.29) is 5.91 Å². The number of carbonyl (C=O) groups excluding carboxylic acids is 1. The van der Waals surface area contributed by atoms with Crippen LogP contribution < -0.4 is 5.32 Å². The van der Waals surface area contributed by atoms with E-state index in [9.17, 15) is 4.79 Å². The molecule has 122 valence electrons. The van der Waals surface area contributed by atoms with E-state index in [1.807, 2.05) is 24.3 Å². The van der Waals surface area contributed by atoms with Crippen molar-refractivity contribution in [2.45, 2.75) is 57.5 Å². The van der Waals surface area contributed by atoms with Crippen molar-refractivity contribution < 1.29 is 9.53 Å². The second kappa shape index (κ2) is 10.0. The Labute approximate surface area is 141 Å². The summed E-state index contributed by atoms with van der Waals surface area (Å²) in [5.41, 5.74) is 0.710. The minimum Gasteiger partial charge on any atom is -0.373 e. The summed E-state index contributed by atoms with van der Waals surface area (Å²) in [6.07, 6.45) is 10.7. The number of epoxide rings is 1. The normalized spacial score (nSPS) is 16.5. The Hall–Kier alpha value is -0.870. The first-order valence-electron chi connectivity index (χ1n) is 8.41. The standard InChI is InChI=1S/C18H26BrNO2/c19-17-12-8-7-11-16(17)18(21)20-13-9-5-3-1-2-4-6-10-15-14-22-15/h7-8,11-12,15H,1-6,9-10,13-14H2,(H,20,21). The molecule has 4 heteroatoms. The molecule has 1 saturated heterocycles. The molecule has 0 radical (unpaired) electrons. The Morgan fingerprint density at radius 2 is 1.73 bits per heavy atom. The lowest BCUT2D eigenvalue weighted by Gasteiger charge is -2.06. The van der Waals surface area contributed by atoms with Gasteiger partial charge in [0.15, 0.2) is 0 Å². The van der Waals surface area contributed by atoms with Gasteiger partial charge in [-0.2, -0.15) is 0 Å². The molecular formula is C18H26BrNO2. The molecule has 0 saturated carbocycles.